The Morgan fingerprint density at radius 3 is 2.55 bits per heavy atom. The second-order valence-electron chi connectivity index (χ2n) is 6.55. The molecule has 1 amide bonds. The van der Waals surface area contributed by atoms with Crippen LogP contribution < -0.4 is 10.0 Å². The van der Waals surface area contributed by atoms with Gasteiger partial charge in [0.15, 0.2) is 0 Å². The number of nitrogens with one attached hydrogen (secondary N) is 2. The zero-order chi connectivity index (χ0) is 22.4. The van der Waals surface area contributed by atoms with Gasteiger partial charge in [0.1, 0.15) is 16.9 Å². The third-order valence-corrected chi connectivity index (χ3v) is 6.46. The van der Waals surface area contributed by atoms with Crippen molar-refractivity contribution in [1.29, 1.82) is 5.26 Å². The van der Waals surface area contributed by atoms with E-state index in [-0.39, 0.29) is 22.4 Å². The van der Waals surface area contributed by atoms with Gasteiger partial charge in [0, 0.05) is 17.6 Å². The number of thioether (sulfide) groups is 1. The van der Waals surface area contributed by atoms with Gasteiger partial charge in [-0.1, -0.05) is 17.8 Å². The average Bonchev–Trinajstić information content (AvgIpc) is 2.73. The first-order valence-electron chi connectivity index (χ1n) is 9.13. The van der Waals surface area contributed by atoms with Crippen LogP contribution in [0, 0.1) is 25.2 Å². The number of hydrogen-bond donors (Lipinski definition) is 2. The van der Waals surface area contributed by atoms with Gasteiger partial charge in [-0.05, 0) is 61.9 Å². The fourth-order valence-corrected chi connectivity index (χ4v) is 4.62. The summed E-state index contributed by atoms with van der Waals surface area (Å²) in [5, 5.41) is 12.5. The molecule has 2 N–H and O–H groups in total. The fraction of sp³-hybridized carbons (Fsp3) is 0.143. The van der Waals surface area contributed by atoms with Crippen molar-refractivity contribution in [3.8, 4) is 6.07 Å². The molecule has 0 saturated carbocycles. The summed E-state index contributed by atoms with van der Waals surface area (Å²) in [5.74, 6) is -0.0167. The van der Waals surface area contributed by atoms with Crippen LogP contribution in [0.1, 0.15) is 16.8 Å². The number of anilines is 2. The lowest BCUT2D eigenvalue weighted by atomic mass is 10.1. The molecule has 3 rings (SSSR count). The van der Waals surface area contributed by atoms with E-state index in [1.54, 1.807) is 18.2 Å². The lowest BCUT2D eigenvalue weighted by Crippen LogP contribution is -2.16. The molecule has 0 bridgehead atoms. The highest BCUT2D eigenvalue weighted by molar-refractivity contribution is 8.00. The average molecular weight is 454 g/mol. The van der Waals surface area contributed by atoms with Crippen LogP contribution in [0.15, 0.2) is 64.6 Å². The summed E-state index contributed by atoms with van der Waals surface area (Å²) >= 11 is 1.18. The number of carbonyl (C=O) groups is 1. The standard InChI is InChI=1S/C21H19N5O3S2/c1-14-11-15(2)24-21(18(14)12-22)30-13-20(27)25-16-6-8-17(9-7-16)31(28,29)26-19-5-3-4-10-23-19/h3-11H,13H2,1-2H3,(H,23,26)(H,25,27). The van der Waals surface area contributed by atoms with Gasteiger partial charge in [-0.25, -0.2) is 18.4 Å². The van der Waals surface area contributed by atoms with Gasteiger partial charge in [-0.3, -0.25) is 9.52 Å². The van der Waals surface area contributed by atoms with Gasteiger partial charge < -0.3 is 5.32 Å². The highest BCUT2D eigenvalue weighted by Crippen LogP contribution is 2.24. The minimum atomic E-state index is -3.79. The van der Waals surface area contributed by atoms with Crippen molar-refractivity contribution in [1.82, 2.24) is 9.97 Å². The fourth-order valence-electron chi connectivity index (χ4n) is 2.71. The number of benzene rings is 1. The van der Waals surface area contributed by atoms with Gasteiger partial charge >= 0.3 is 0 Å². The van der Waals surface area contributed by atoms with E-state index in [2.05, 4.69) is 26.1 Å². The third-order valence-electron chi connectivity index (χ3n) is 4.12. The summed E-state index contributed by atoms with van der Waals surface area (Å²) in [6, 6.07) is 14.7. The molecule has 2 heterocycles. The topological polar surface area (TPSA) is 125 Å². The number of hydrogen-bond acceptors (Lipinski definition) is 7. The molecule has 31 heavy (non-hydrogen) atoms. The van der Waals surface area contributed by atoms with Crippen LogP contribution in [0.5, 0.6) is 0 Å². The highest BCUT2D eigenvalue weighted by Gasteiger charge is 2.15. The van der Waals surface area contributed by atoms with E-state index >= 15 is 0 Å². The van der Waals surface area contributed by atoms with Crippen molar-refractivity contribution >= 4 is 39.2 Å². The van der Waals surface area contributed by atoms with Crippen LogP contribution in [0.4, 0.5) is 11.5 Å². The number of aromatic nitrogens is 2. The monoisotopic (exact) mass is 453 g/mol. The first-order chi connectivity index (χ1) is 14.8. The predicted octanol–water partition coefficient (Wildman–Crippen LogP) is 3.50. The maximum atomic E-state index is 12.4. The van der Waals surface area contributed by atoms with E-state index in [4.69, 9.17) is 0 Å². The second kappa shape index (κ2) is 9.59. The predicted molar refractivity (Wildman–Crippen MR) is 119 cm³/mol. The first-order valence-corrected chi connectivity index (χ1v) is 11.6. The second-order valence-corrected chi connectivity index (χ2v) is 9.20. The lowest BCUT2D eigenvalue weighted by Gasteiger charge is -2.10. The van der Waals surface area contributed by atoms with Crippen molar-refractivity contribution < 1.29 is 13.2 Å². The van der Waals surface area contributed by atoms with Crippen LogP contribution >= 0.6 is 11.8 Å². The number of pyridine rings is 2. The number of rotatable bonds is 7. The first kappa shape index (κ1) is 22.3. The smallest absolute Gasteiger partial charge is 0.263 e. The normalized spacial score (nSPS) is 10.9. The molecular weight excluding hydrogens is 434 g/mol. The number of nitriles is 1. The van der Waals surface area contributed by atoms with E-state index < -0.39 is 10.0 Å². The summed E-state index contributed by atoms with van der Waals surface area (Å²) in [7, 11) is -3.79. The minimum Gasteiger partial charge on any atom is -0.325 e. The summed E-state index contributed by atoms with van der Waals surface area (Å²) in [5.41, 5.74) is 2.50. The Kier molecular flexibility index (Phi) is 6.89. The van der Waals surface area contributed by atoms with Crippen LogP contribution in [0.2, 0.25) is 0 Å². The van der Waals surface area contributed by atoms with Crippen molar-refractivity contribution in [2.45, 2.75) is 23.8 Å². The Morgan fingerprint density at radius 1 is 1.16 bits per heavy atom. The number of sulfonamides is 1. The van der Waals surface area contributed by atoms with Crippen molar-refractivity contribution in [3.05, 3.63) is 71.5 Å². The summed E-state index contributed by atoms with van der Waals surface area (Å²) < 4.78 is 27.3. The Labute approximate surface area is 184 Å². The lowest BCUT2D eigenvalue weighted by molar-refractivity contribution is -0.113. The zero-order valence-corrected chi connectivity index (χ0v) is 18.4. The number of nitrogens with zero attached hydrogens (tertiary/aromatic N) is 3. The van der Waals surface area contributed by atoms with Crippen LogP contribution in [0.25, 0.3) is 0 Å². The molecule has 1 aromatic carbocycles. The van der Waals surface area contributed by atoms with Crippen LogP contribution in [0.3, 0.4) is 0 Å². The summed E-state index contributed by atoms with van der Waals surface area (Å²) in [4.78, 5) is 20.6. The molecule has 0 aliphatic rings. The van der Waals surface area contributed by atoms with E-state index in [1.807, 2.05) is 19.9 Å². The molecule has 0 aliphatic carbocycles. The molecule has 8 nitrogen and oxygen atoms in total. The van der Waals surface area contributed by atoms with E-state index in [9.17, 15) is 18.5 Å². The van der Waals surface area contributed by atoms with Crippen molar-refractivity contribution in [2.75, 3.05) is 15.8 Å². The Balaban J connectivity index is 1.62. The van der Waals surface area contributed by atoms with Gasteiger partial charge in [0.05, 0.1) is 16.2 Å². The molecule has 0 radical (unpaired) electrons. The van der Waals surface area contributed by atoms with Gasteiger partial charge in [0.2, 0.25) is 5.91 Å². The Bertz CT molecular complexity index is 1240. The Hall–Kier alpha value is -3.42. The van der Waals surface area contributed by atoms with Gasteiger partial charge in [-0.2, -0.15) is 5.26 Å². The maximum absolute atomic E-state index is 12.4. The summed E-state index contributed by atoms with van der Waals surface area (Å²) in [6.07, 6.45) is 1.49. The van der Waals surface area contributed by atoms with E-state index in [0.717, 1.165) is 11.3 Å². The van der Waals surface area contributed by atoms with E-state index in [0.29, 0.717) is 16.3 Å². The molecular formula is C21H19N5O3S2. The maximum Gasteiger partial charge on any atom is 0.263 e. The SMILES string of the molecule is Cc1cc(C)c(C#N)c(SCC(=O)Nc2ccc(S(=O)(=O)Nc3ccccn3)cc2)n1. The van der Waals surface area contributed by atoms with Crippen molar-refractivity contribution in [3.63, 3.8) is 0 Å². The molecule has 0 atom stereocenters. The number of carbonyl (C=O) groups excluding carboxylic acids is 1. The molecule has 3 aromatic rings. The molecule has 10 heteroatoms. The Morgan fingerprint density at radius 2 is 1.90 bits per heavy atom. The molecule has 2 aromatic heterocycles. The number of aryl methyl sites for hydroxylation is 2. The molecule has 0 aliphatic heterocycles. The van der Waals surface area contributed by atoms with E-state index in [1.165, 1.54) is 42.2 Å². The molecule has 0 spiro atoms. The molecule has 158 valence electrons. The summed E-state index contributed by atoms with van der Waals surface area (Å²) in [6.45, 7) is 3.66. The quantitative estimate of drug-likeness (QED) is 0.525. The van der Waals surface area contributed by atoms with Crippen LogP contribution in [-0.2, 0) is 14.8 Å². The van der Waals surface area contributed by atoms with Gasteiger partial charge in [-0.15, -0.1) is 0 Å². The minimum absolute atomic E-state index is 0.0450. The van der Waals surface area contributed by atoms with Crippen molar-refractivity contribution in [2.24, 2.45) is 0 Å². The largest absolute Gasteiger partial charge is 0.325 e. The van der Waals surface area contributed by atoms with Crippen LogP contribution in [-0.4, -0.2) is 30.0 Å². The zero-order valence-electron chi connectivity index (χ0n) is 16.8. The third kappa shape index (κ3) is 5.81. The highest BCUT2D eigenvalue weighted by atomic mass is 32.2. The molecule has 0 fully saturated rings. The molecule has 0 unspecified atom stereocenters. The molecule has 0 saturated heterocycles. The van der Waals surface area contributed by atoms with Gasteiger partial charge in [0.25, 0.3) is 10.0 Å². The number of amides is 1.